The molecule has 0 spiro atoms. The van der Waals surface area contributed by atoms with Gasteiger partial charge in [-0.1, -0.05) is 29.5 Å². The van der Waals surface area contributed by atoms with Gasteiger partial charge in [-0.15, -0.1) is 21.5 Å². The molecule has 0 saturated carbocycles. The largest absolute Gasteiger partial charge is 0.493 e. The molecule has 0 aliphatic carbocycles. The van der Waals surface area contributed by atoms with E-state index in [9.17, 15) is 4.79 Å². The first-order valence-electron chi connectivity index (χ1n) is 6.69. The molecule has 1 N–H and O–H groups in total. The minimum Gasteiger partial charge on any atom is -0.493 e. The summed E-state index contributed by atoms with van der Waals surface area (Å²) in [4.78, 5) is 13.0. The first-order chi connectivity index (χ1) is 11.3. The van der Waals surface area contributed by atoms with Crippen LogP contribution in [0.2, 0.25) is 0 Å². The Bertz CT molecular complexity index is 787. The van der Waals surface area contributed by atoms with Gasteiger partial charge in [0.15, 0.2) is 23.1 Å². The van der Waals surface area contributed by atoms with Gasteiger partial charge in [0.25, 0.3) is 5.91 Å². The van der Waals surface area contributed by atoms with Crippen LogP contribution in [0.5, 0.6) is 11.5 Å². The normalized spacial score (nSPS) is 10.3. The maximum atomic E-state index is 11.9. The number of amides is 1. The van der Waals surface area contributed by atoms with Gasteiger partial charge in [0.1, 0.15) is 0 Å². The molecule has 3 rings (SSSR count). The summed E-state index contributed by atoms with van der Waals surface area (Å²) in [6.45, 7) is -0.131. The van der Waals surface area contributed by atoms with Crippen LogP contribution in [0, 0.1) is 0 Å². The number of hydrogen-bond donors (Lipinski definition) is 1. The highest BCUT2D eigenvalue weighted by molar-refractivity contribution is 7.23. The first kappa shape index (κ1) is 15.4. The van der Waals surface area contributed by atoms with E-state index in [1.165, 1.54) is 11.3 Å². The van der Waals surface area contributed by atoms with Crippen LogP contribution in [-0.4, -0.2) is 29.8 Å². The van der Waals surface area contributed by atoms with Gasteiger partial charge in [0.2, 0.25) is 5.13 Å². The lowest BCUT2D eigenvalue weighted by atomic mass is 10.3. The molecule has 0 atom stereocenters. The summed E-state index contributed by atoms with van der Waals surface area (Å²) >= 11 is 2.90. The SMILES string of the molecule is COc1ccccc1OCC(=O)Nc1nnc(-c2cccs2)s1. The van der Waals surface area contributed by atoms with E-state index in [1.807, 2.05) is 29.6 Å². The average Bonchev–Trinajstić information content (AvgIpc) is 3.24. The van der Waals surface area contributed by atoms with Crippen LogP contribution in [0.25, 0.3) is 9.88 Å². The second kappa shape index (κ2) is 7.21. The Labute approximate surface area is 140 Å². The number of carbonyl (C=O) groups is 1. The number of methoxy groups -OCH3 is 1. The summed E-state index contributed by atoms with van der Waals surface area (Å²) in [5.74, 6) is 0.794. The standard InChI is InChI=1S/C15H13N3O3S2/c1-20-10-5-2-3-6-11(10)21-9-13(19)16-15-18-17-14(23-15)12-7-4-8-22-12/h2-8H,9H2,1H3,(H,16,18,19). The molecule has 23 heavy (non-hydrogen) atoms. The lowest BCUT2D eigenvalue weighted by molar-refractivity contribution is -0.118. The zero-order chi connectivity index (χ0) is 16.1. The number of thiophene rings is 1. The number of carbonyl (C=O) groups excluding carboxylic acids is 1. The van der Waals surface area contributed by atoms with E-state index in [2.05, 4.69) is 15.5 Å². The number of rotatable bonds is 6. The molecule has 0 aliphatic heterocycles. The Morgan fingerprint density at radius 3 is 2.74 bits per heavy atom. The van der Waals surface area contributed by atoms with Crippen LogP contribution in [0.3, 0.4) is 0 Å². The van der Waals surface area contributed by atoms with Gasteiger partial charge in [-0.3, -0.25) is 10.1 Å². The van der Waals surface area contributed by atoms with E-state index in [0.29, 0.717) is 16.6 Å². The molecule has 8 heteroatoms. The van der Waals surface area contributed by atoms with Crippen LogP contribution >= 0.6 is 22.7 Å². The molecule has 0 fully saturated rings. The second-order valence-corrected chi connectivity index (χ2v) is 6.30. The van der Waals surface area contributed by atoms with Crippen molar-refractivity contribution >= 4 is 33.7 Å². The molecule has 118 valence electrons. The van der Waals surface area contributed by atoms with Gasteiger partial charge in [0.05, 0.1) is 12.0 Å². The van der Waals surface area contributed by atoms with Gasteiger partial charge < -0.3 is 9.47 Å². The Morgan fingerprint density at radius 1 is 1.17 bits per heavy atom. The average molecular weight is 347 g/mol. The lowest BCUT2D eigenvalue weighted by Crippen LogP contribution is -2.20. The molecule has 1 aromatic carbocycles. The molecule has 0 aliphatic rings. The maximum absolute atomic E-state index is 11.9. The Kier molecular flexibility index (Phi) is 4.84. The second-order valence-electron chi connectivity index (χ2n) is 4.38. The van der Waals surface area contributed by atoms with Gasteiger partial charge in [-0.05, 0) is 23.6 Å². The van der Waals surface area contributed by atoms with Gasteiger partial charge in [-0.2, -0.15) is 0 Å². The zero-order valence-corrected chi connectivity index (χ0v) is 13.8. The predicted molar refractivity (Wildman–Crippen MR) is 90.3 cm³/mol. The molecule has 0 bridgehead atoms. The van der Waals surface area contributed by atoms with E-state index in [4.69, 9.17) is 9.47 Å². The third-order valence-corrected chi connectivity index (χ3v) is 4.71. The van der Waals surface area contributed by atoms with E-state index in [0.717, 1.165) is 9.88 Å². The van der Waals surface area contributed by atoms with Crippen molar-refractivity contribution in [3.05, 3.63) is 41.8 Å². The molecular weight excluding hydrogens is 334 g/mol. The van der Waals surface area contributed by atoms with Crippen LogP contribution in [0.1, 0.15) is 0 Å². The van der Waals surface area contributed by atoms with Crippen molar-refractivity contribution < 1.29 is 14.3 Å². The molecule has 0 radical (unpaired) electrons. The van der Waals surface area contributed by atoms with Crippen LogP contribution in [-0.2, 0) is 4.79 Å². The van der Waals surface area contributed by atoms with Crippen molar-refractivity contribution in [2.75, 3.05) is 19.0 Å². The Hall–Kier alpha value is -2.45. The van der Waals surface area contributed by atoms with Crippen LogP contribution < -0.4 is 14.8 Å². The highest BCUT2D eigenvalue weighted by atomic mass is 32.1. The number of para-hydroxylation sites is 2. The summed E-state index contributed by atoms with van der Waals surface area (Å²) in [6.07, 6.45) is 0. The Balaban J connectivity index is 1.57. The lowest BCUT2D eigenvalue weighted by Gasteiger charge is -2.09. The fourth-order valence-corrected chi connectivity index (χ4v) is 3.36. The van der Waals surface area contributed by atoms with E-state index < -0.39 is 0 Å². The number of nitrogens with zero attached hydrogens (tertiary/aromatic N) is 2. The number of ether oxygens (including phenoxy) is 2. The van der Waals surface area contributed by atoms with Crippen molar-refractivity contribution in [2.24, 2.45) is 0 Å². The maximum Gasteiger partial charge on any atom is 0.264 e. The fourth-order valence-electron chi connectivity index (χ4n) is 1.81. The van der Waals surface area contributed by atoms with Gasteiger partial charge in [-0.25, -0.2) is 0 Å². The van der Waals surface area contributed by atoms with E-state index in [-0.39, 0.29) is 12.5 Å². The summed E-state index contributed by atoms with van der Waals surface area (Å²) in [5.41, 5.74) is 0. The van der Waals surface area contributed by atoms with Crippen molar-refractivity contribution in [1.82, 2.24) is 10.2 Å². The number of anilines is 1. The number of nitrogens with one attached hydrogen (secondary N) is 1. The predicted octanol–water partition coefficient (Wildman–Crippen LogP) is 3.29. The summed E-state index contributed by atoms with van der Waals surface area (Å²) in [6, 6.07) is 11.1. The quantitative estimate of drug-likeness (QED) is 0.741. The first-order valence-corrected chi connectivity index (χ1v) is 8.39. The summed E-state index contributed by atoms with van der Waals surface area (Å²) in [5, 5.41) is 13.9. The summed E-state index contributed by atoms with van der Waals surface area (Å²) in [7, 11) is 1.55. The minimum atomic E-state index is -0.301. The molecular formula is C15H13N3O3S2. The molecule has 0 unspecified atom stereocenters. The van der Waals surface area contributed by atoms with Crippen molar-refractivity contribution in [2.45, 2.75) is 0 Å². The van der Waals surface area contributed by atoms with Gasteiger partial charge in [0, 0.05) is 0 Å². The van der Waals surface area contributed by atoms with Crippen molar-refractivity contribution in [3.8, 4) is 21.4 Å². The third-order valence-electron chi connectivity index (χ3n) is 2.83. The fraction of sp³-hybridized carbons (Fsp3) is 0.133. The van der Waals surface area contributed by atoms with Gasteiger partial charge >= 0.3 is 0 Å². The zero-order valence-electron chi connectivity index (χ0n) is 12.2. The summed E-state index contributed by atoms with van der Waals surface area (Å²) < 4.78 is 10.6. The molecule has 3 aromatic rings. The topological polar surface area (TPSA) is 73.3 Å². The van der Waals surface area contributed by atoms with Crippen molar-refractivity contribution in [1.29, 1.82) is 0 Å². The minimum absolute atomic E-state index is 0.131. The highest BCUT2D eigenvalue weighted by Crippen LogP contribution is 2.30. The number of benzene rings is 1. The van der Waals surface area contributed by atoms with E-state index in [1.54, 1.807) is 30.6 Å². The molecule has 0 saturated heterocycles. The highest BCUT2D eigenvalue weighted by Gasteiger charge is 2.11. The smallest absolute Gasteiger partial charge is 0.264 e. The molecule has 1 amide bonds. The van der Waals surface area contributed by atoms with Crippen LogP contribution in [0.15, 0.2) is 41.8 Å². The monoisotopic (exact) mass is 347 g/mol. The Morgan fingerprint density at radius 2 is 2.00 bits per heavy atom. The molecule has 2 aromatic heterocycles. The molecule has 2 heterocycles. The van der Waals surface area contributed by atoms with E-state index >= 15 is 0 Å². The third kappa shape index (κ3) is 3.85. The molecule has 6 nitrogen and oxygen atoms in total. The van der Waals surface area contributed by atoms with Crippen molar-refractivity contribution in [3.63, 3.8) is 0 Å². The van der Waals surface area contributed by atoms with Crippen LogP contribution in [0.4, 0.5) is 5.13 Å². The number of aromatic nitrogens is 2. The number of hydrogen-bond acceptors (Lipinski definition) is 7.